The molecule has 0 bridgehead atoms. The van der Waals surface area contributed by atoms with E-state index in [1.807, 2.05) is 11.8 Å². The summed E-state index contributed by atoms with van der Waals surface area (Å²) in [6, 6.07) is 7.11. The highest BCUT2D eigenvalue weighted by Gasteiger charge is 2.33. The fraction of sp³-hybridized carbons (Fsp3) is 0.481. The molecule has 14 heteroatoms. The Labute approximate surface area is 241 Å². The van der Waals surface area contributed by atoms with E-state index in [4.69, 9.17) is 26.3 Å². The third-order valence-corrected chi connectivity index (χ3v) is 7.20. The number of hydrogen-bond donors (Lipinski definition) is 2. The fourth-order valence-electron chi connectivity index (χ4n) is 4.85. The number of nitrogens with one attached hydrogen (secondary N) is 1. The zero-order valence-corrected chi connectivity index (χ0v) is 24.0. The summed E-state index contributed by atoms with van der Waals surface area (Å²) < 4.78 is 46.3. The molecule has 10 nitrogen and oxygen atoms in total. The van der Waals surface area contributed by atoms with Crippen molar-refractivity contribution >= 4 is 17.4 Å². The molecule has 3 heterocycles. The van der Waals surface area contributed by atoms with Crippen LogP contribution >= 0.6 is 11.6 Å². The topological polar surface area (TPSA) is 115 Å². The van der Waals surface area contributed by atoms with Gasteiger partial charge in [0.1, 0.15) is 30.3 Å². The van der Waals surface area contributed by atoms with Gasteiger partial charge in [-0.15, -0.1) is 0 Å². The number of rotatable bonds is 9. The van der Waals surface area contributed by atoms with E-state index in [1.165, 1.54) is 4.90 Å². The summed E-state index contributed by atoms with van der Waals surface area (Å²) in [5.74, 6) is 1.29. The highest BCUT2D eigenvalue weighted by molar-refractivity contribution is 6.33. The molecule has 1 aliphatic heterocycles. The third-order valence-electron chi connectivity index (χ3n) is 6.87. The van der Waals surface area contributed by atoms with Gasteiger partial charge in [0, 0.05) is 56.5 Å². The molecule has 0 radical (unpaired) electrons. The quantitative estimate of drug-likeness (QED) is 0.386. The monoisotopic (exact) mass is 592 g/mol. The lowest BCUT2D eigenvalue weighted by Gasteiger charge is -2.36. The van der Waals surface area contributed by atoms with Crippen LogP contribution in [0.25, 0.3) is 22.8 Å². The molecule has 2 N–H and O–H groups in total. The highest BCUT2D eigenvalue weighted by atomic mass is 35.5. The van der Waals surface area contributed by atoms with Gasteiger partial charge >= 0.3 is 6.18 Å². The summed E-state index contributed by atoms with van der Waals surface area (Å²) >= 11 is 6.61. The molecule has 1 atom stereocenters. The van der Waals surface area contributed by atoms with Crippen molar-refractivity contribution in [3.8, 4) is 34.6 Å². The second-order valence-corrected chi connectivity index (χ2v) is 10.4. The number of aliphatic hydroxyl groups excluding tert-OH is 1. The predicted octanol–water partition coefficient (Wildman–Crippen LogP) is 3.33. The van der Waals surface area contributed by atoms with Gasteiger partial charge in [0.2, 0.25) is 0 Å². The molecule has 1 fully saturated rings. The molecular weight excluding hydrogens is 561 g/mol. The molecule has 3 aromatic rings. The first-order valence-electron chi connectivity index (χ1n) is 13.0. The van der Waals surface area contributed by atoms with Crippen LogP contribution in [0.2, 0.25) is 5.02 Å². The third kappa shape index (κ3) is 7.08. The van der Waals surface area contributed by atoms with E-state index in [1.54, 1.807) is 43.9 Å². The van der Waals surface area contributed by atoms with Crippen LogP contribution in [0.3, 0.4) is 0 Å². The largest absolute Gasteiger partial charge is 0.491 e. The van der Waals surface area contributed by atoms with Gasteiger partial charge < -0.3 is 20.1 Å². The van der Waals surface area contributed by atoms with Crippen LogP contribution < -0.4 is 15.0 Å². The lowest BCUT2D eigenvalue weighted by molar-refractivity contribution is -0.146. The number of alkyl halides is 3. The SMILES string of the molecule is CNC[C@@H](O)COc1ccc(Cl)c(-c2nc(-c3c(C)c(C#N)nn3C)c(C)c(N3CCN(CC(F)(F)F)CC3)n2)c1. The molecule has 41 heavy (non-hydrogen) atoms. The van der Waals surface area contributed by atoms with Crippen molar-refractivity contribution in [1.82, 2.24) is 30.0 Å². The molecule has 1 aromatic carbocycles. The minimum atomic E-state index is -4.27. The van der Waals surface area contributed by atoms with Gasteiger partial charge in [0.15, 0.2) is 11.5 Å². The van der Waals surface area contributed by atoms with Crippen molar-refractivity contribution < 1.29 is 23.0 Å². The van der Waals surface area contributed by atoms with Crippen LogP contribution in [0, 0.1) is 25.2 Å². The maximum absolute atomic E-state index is 13.0. The Morgan fingerprint density at radius 2 is 1.88 bits per heavy atom. The number of likely N-dealkylation sites (N-methyl/N-ethyl adjacent to an activating group) is 1. The molecule has 0 aliphatic carbocycles. The normalized spacial score (nSPS) is 15.2. The van der Waals surface area contributed by atoms with Crippen LogP contribution in [0.4, 0.5) is 19.0 Å². The van der Waals surface area contributed by atoms with Crippen molar-refractivity contribution in [2.75, 3.05) is 57.8 Å². The van der Waals surface area contributed by atoms with Gasteiger partial charge in [-0.1, -0.05) is 11.6 Å². The van der Waals surface area contributed by atoms with Crippen LogP contribution in [0.5, 0.6) is 5.75 Å². The van der Waals surface area contributed by atoms with Crippen molar-refractivity contribution in [3.05, 3.63) is 40.0 Å². The summed E-state index contributed by atoms with van der Waals surface area (Å²) in [7, 11) is 3.45. The van der Waals surface area contributed by atoms with E-state index in [0.29, 0.717) is 64.3 Å². The van der Waals surface area contributed by atoms with Crippen molar-refractivity contribution in [3.63, 3.8) is 0 Å². The van der Waals surface area contributed by atoms with Gasteiger partial charge in [0.05, 0.1) is 23.0 Å². The van der Waals surface area contributed by atoms with Crippen molar-refractivity contribution in [2.24, 2.45) is 7.05 Å². The van der Waals surface area contributed by atoms with Gasteiger partial charge in [-0.05, 0) is 39.1 Å². The van der Waals surface area contributed by atoms with Crippen LogP contribution in [-0.4, -0.2) is 95.0 Å². The van der Waals surface area contributed by atoms with E-state index < -0.39 is 18.8 Å². The number of hydrogen-bond acceptors (Lipinski definition) is 9. The Hall–Kier alpha value is -3.44. The molecule has 1 aliphatic rings. The molecule has 0 unspecified atom stereocenters. The molecule has 0 spiro atoms. The van der Waals surface area contributed by atoms with Crippen LogP contribution in [0.15, 0.2) is 18.2 Å². The minimum Gasteiger partial charge on any atom is -0.491 e. The second kappa shape index (κ2) is 12.6. The van der Waals surface area contributed by atoms with Crippen molar-refractivity contribution in [1.29, 1.82) is 5.26 Å². The molecule has 0 saturated carbocycles. The summed E-state index contributed by atoms with van der Waals surface area (Å²) in [5.41, 5.74) is 3.24. The minimum absolute atomic E-state index is 0.0561. The number of nitrogens with zero attached hydrogens (tertiary/aromatic N) is 7. The van der Waals surface area contributed by atoms with Crippen LogP contribution in [0.1, 0.15) is 16.8 Å². The lowest BCUT2D eigenvalue weighted by Crippen LogP contribution is -2.49. The predicted molar refractivity (Wildman–Crippen MR) is 149 cm³/mol. The molecule has 4 rings (SSSR count). The standard InChI is InChI=1S/C27H32ClF3N8O2/c1-16-22(12-32)36-37(4)24(16)23-17(2)26(39-9-7-38(8-10-39)15-27(29,30)31)35-25(34-23)20-11-19(5-6-21(20)28)41-14-18(40)13-33-3/h5-6,11,18,33,40H,7-10,13-15H2,1-4H3/t18-/m1/s1. The summed E-state index contributed by atoms with van der Waals surface area (Å²) in [4.78, 5) is 13.0. The van der Waals surface area contributed by atoms with E-state index in [-0.39, 0.29) is 31.2 Å². The summed E-state index contributed by atoms with van der Waals surface area (Å²) in [6.07, 6.45) is -4.98. The number of piperazine rings is 1. The average Bonchev–Trinajstić information content (AvgIpc) is 3.21. The molecule has 0 amide bonds. The maximum Gasteiger partial charge on any atom is 0.401 e. The Morgan fingerprint density at radius 3 is 2.49 bits per heavy atom. The molecule has 220 valence electrons. The second-order valence-electron chi connectivity index (χ2n) is 9.94. The Kier molecular flexibility index (Phi) is 9.38. The maximum atomic E-state index is 13.0. The Bertz CT molecular complexity index is 1430. The Morgan fingerprint density at radius 1 is 1.17 bits per heavy atom. The van der Waals surface area contributed by atoms with Gasteiger partial charge in [-0.25, -0.2) is 9.97 Å². The fourth-order valence-corrected chi connectivity index (χ4v) is 5.06. The first-order valence-corrected chi connectivity index (χ1v) is 13.4. The number of halogens is 4. The molecule has 2 aromatic heterocycles. The van der Waals surface area contributed by atoms with Crippen molar-refractivity contribution in [2.45, 2.75) is 26.1 Å². The number of ether oxygens (including phenoxy) is 1. The Balaban J connectivity index is 1.78. The van der Waals surface area contributed by atoms with E-state index in [9.17, 15) is 23.5 Å². The van der Waals surface area contributed by atoms with Gasteiger partial charge in [-0.3, -0.25) is 9.58 Å². The number of aromatic nitrogens is 4. The van der Waals surface area contributed by atoms with E-state index in [0.717, 1.165) is 0 Å². The number of benzene rings is 1. The van der Waals surface area contributed by atoms with E-state index in [2.05, 4.69) is 16.5 Å². The number of aliphatic hydroxyl groups is 1. The lowest BCUT2D eigenvalue weighted by atomic mass is 10.1. The molecule has 1 saturated heterocycles. The van der Waals surface area contributed by atoms with E-state index >= 15 is 0 Å². The van der Waals surface area contributed by atoms with Gasteiger partial charge in [-0.2, -0.15) is 23.5 Å². The first-order chi connectivity index (χ1) is 19.4. The van der Waals surface area contributed by atoms with Crippen LogP contribution in [-0.2, 0) is 7.05 Å². The zero-order chi connectivity index (χ0) is 29.9. The number of aryl methyl sites for hydroxylation is 1. The molecular formula is C27H32ClF3N8O2. The average molecular weight is 593 g/mol. The summed E-state index contributed by atoms with van der Waals surface area (Å²) in [6.45, 7) is 4.19. The highest BCUT2D eigenvalue weighted by Crippen LogP contribution is 2.36. The summed E-state index contributed by atoms with van der Waals surface area (Å²) in [5, 5.41) is 27.2. The first kappa shape index (κ1) is 30.5. The zero-order valence-electron chi connectivity index (χ0n) is 23.3. The van der Waals surface area contributed by atoms with Gasteiger partial charge in [0.25, 0.3) is 0 Å². The smallest absolute Gasteiger partial charge is 0.401 e. The number of anilines is 1. The number of nitriles is 1.